The third-order valence-electron chi connectivity index (χ3n) is 3.72. The van der Waals surface area contributed by atoms with Crippen LogP contribution in [0.25, 0.3) is 16.9 Å². The molecule has 0 aliphatic heterocycles. The summed E-state index contributed by atoms with van der Waals surface area (Å²) in [7, 11) is 0. The molecule has 1 aromatic heterocycles. The number of aromatic nitrogens is 1. The van der Waals surface area contributed by atoms with Gasteiger partial charge in [-0.05, 0) is 24.1 Å². The highest BCUT2D eigenvalue weighted by Crippen LogP contribution is 2.26. The van der Waals surface area contributed by atoms with E-state index in [0.717, 1.165) is 11.3 Å². The first kappa shape index (κ1) is 14.1. The van der Waals surface area contributed by atoms with E-state index in [1.807, 2.05) is 67.6 Å². The summed E-state index contributed by atoms with van der Waals surface area (Å²) in [6, 6.07) is 20.8. The van der Waals surface area contributed by atoms with Crippen LogP contribution in [0.15, 0.2) is 71.5 Å². The van der Waals surface area contributed by atoms with Gasteiger partial charge in [0.2, 0.25) is 0 Å². The number of benzene rings is 2. The molecule has 1 N–H and O–H groups in total. The molecule has 0 saturated heterocycles. The third-order valence-corrected chi connectivity index (χ3v) is 3.72. The molecule has 0 spiro atoms. The van der Waals surface area contributed by atoms with Gasteiger partial charge in [0, 0.05) is 11.8 Å². The fourth-order valence-corrected chi connectivity index (χ4v) is 2.62. The van der Waals surface area contributed by atoms with E-state index in [1.54, 1.807) is 10.6 Å². The summed E-state index contributed by atoms with van der Waals surface area (Å²) in [5.74, 6) is 0.0542. The Balaban J connectivity index is 2.37. The molecule has 0 aliphatic carbocycles. The number of pyridine rings is 1. The lowest BCUT2D eigenvalue weighted by atomic mass is 10.1. The SMILES string of the molecule is CCc1c(O)cc(-c2ccccc2)n(-c2ccccc2)c1=O. The maximum atomic E-state index is 12.8. The Hall–Kier alpha value is -2.81. The largest absolute Gasteiger partial charge is 0.507 e. The van der Waals surface area contributed by atoms with Crippen molar-refractivity contribution < 1.29 is 5.11 Å². The normalized spacial score (nSPS) is 10.6. The Kier molecular flexibility index (Phi) is 3.79. The second kappa shape index (κ2) is 5.90. The van der Waals surface area contributed by atoms with Gasteiger partial charge in [-0.3, -0.25) is 9.36 Å². The number of hydrogen-bond acceptors (Lipinski definition) is 2. The van der Waals surface area contributed by atoms with E-state index in [2.05, 4.69) is 0 Å². The van der Waals surface area contributed by atoms with Gasteiger partial charge >= 0.3 is 0 Å². The molecule has 1 heterocycles. The number of rotatable bonds is 3. The maximum Gasteiger partial charge on any atom is 0.262 e. The lowest BCUT2D eigenvalue weighted by Gasteiger charge is -2.16. The van der Waals surface area contributed by atoms with E-state index in [9.17, 15) is 9.90 Å². The third kappa shape index (κ3) is 2.42. The van der Waals surface area contributed by atoms with Gasteiger partial charge in [-0.25, -0.2) is 0 Å². The van der Waals surface area contributed by atoms with Gasteiger partial charge in [-0.2, -0.15) is 0 Å². The minimum absolute atomic E-state index is 0.0542. The van der Waals surface area contributed by atoms with Crippen molar-refractivity contribution >= 4 is 0 Å². The molecule has 0 fully saturated rings. The summed E-state index contributed by atoms with van der Waals surface area (Å²) in [4.78, 5) is 12.8. The van der Waals surface area contributed by atoms with Crippen LogP contribution in [0.4, 0.5) is 0 Å². The molecule has 0 unspecified atom stereocenters. The second-order valence-corrected chi connectivity index (χ2v) is 5.09. The van der Waals surface area contributed by atoms with Crippen LogP contribution >= 0.6 is 0 Å². The van der Waals surface area contributed by atoms with Crippen LogP contribution in [-0.2, 0) is 6.42 Å². The monoisotopic (exact) mass is 291 g/mol. The van der Waals surface area contributed by atoms with Crippen LogP contribution < -0.4 is 5.56 Å². The number of hydrogen-bond donors (Lipinski definition) is 1. The molecule has 3 aromatic rings. The molecule has 22 heavy (non-hydrogen) atoms. The predicted molar refractivity (Wildman–Crippen MR) is 88.5 cm³/mol. The minimum Gasteiger partial charge on any atom is -0.507 e. The van der Waals surface area contributed by atoms with Crippen molar-refractivity contribution in [3.8, 4) is 22.7 Å². The molecule has 110 valence electrons. The lowest BCUT2D eigenvalue weighted by molar-refractivity contribution is 0.466. The van der Waals surface area contributed by atoms with E-state index < -0.39 is 0 Å². The molecule has 0 saturated carbocycles. The van der Waals surface area contributed by atoms with Gasteiger partial charge in [0.15, 0.2) is 0 Å². The van der Waals surface area contributed by atoms with Crippen molar-refractivity contribution in [2.75, 3.05) is 0 Å². The standard InChI is InChI=1S/C19H17NO2/c1-2-16-18(21)13-17(14-9-5-3-6-10-14)20(19(16)22)15-11-7-4-8-12-15/h3-13,21H,2H2,1H3. The zero-order chi connectivity index (χ0) is 15.5. The van der Waals surface area contributed by atoms with Crippen molar-refractivity contribution in [2.24, 2.45) is 0 Å². The topological polar surface area (TPSA) is 42.2 Å². The second-order valence-electron chi connectivity index (χ2n) is 5.09. The number of para-hydroxylation sites is 1. The van der Waals surface area contributed by atoms with E-state index in [4.69, 9.17) is 0 Å². The summed E-state index contributed by atoms with van der Waals surface area (Å²) in [6.07, 6.45) is 0.493. The average molecular weight is 291 g/mol. The maximum absolute atomic E-state index is 12.8. The van der Waals surface area contributed by atoms with Gasteiger partial charge in [0.1, 0.15) is 5.75 Å². The van der Waals surface area contributed by atoms with Gasteiger partial charge in [-0.1, -0.05) is 55.5 Å². The molecule has 3 heteroatoms. The number of nitrogens with zero attached hydrogens (tertiary/aromatic N) is 1. The average Bonchev–Trinajstić information content (AvgIpc) is 2.56. The molecular formula is C19H17NO2. The van der Waals surface area contributed by atoms with Gasteiger partial charge in [0.25, 0.3) is 5.56 Å². The molecule has 3 nitrogen and oxygen atoms in total. The minimum atomic E-state index is -0.174. The lowest BCUT2D eigenvalue weighted by Crippen LogP contribution is -2.23. The van der Waals surface area contributed by atoms with Crippen LogP contribution in [0, 0.1) is 0 Å². The van der Waals surface area contributed by atoms with Crippen LogP contribution in [-0.4, -0.2) is 9.67 Å². The Labute approximate surface area is 129 Å². The summed E-state index contributed by atoms with van der Waals surface area (Å²) in [5, 5.41) is 10.2. The molecule has 0 aliphatic rings. The van der Waals surface area contributed by atoms with Crippen molar-refractivity contribution in [3.63, 3.8) is 0 Å². The highest BCUT2D eigenvalue weighted by molar-refractivity contribution is 5.65. The van der Waals surface area contributed by atoms with Crippen molar-refractivity contribution in [3.05, 3.63) is 82.6 Å². The van der Waals surface area contributed by atoms with Gasteiger partial charge in [0.05, 0.1) is 11.3 Å². The summed E-state index contributed by atoms with van der Waals surface area (Å²) in [6.45, 7) is 1.87. The Morgan fingerprint density at radius 2 is 1.55 bits per heavy atom. The van der Waals surface area contributed by atoms with E-state index >= 15 is 0 Å². The summed E-state index contributed by atoms with van der Waals surface area (Å²) in [5.41, 5.74) is 2.63. The zero-order valence-corrected chi connectivity index (χ0v) is 12.4. The highest BCUT2D eigenvalue weighted by Gasteiger charge is 2.15. The summed E-state index contributed by atoms with van der Waals surface area (Å²) < 4.78 is 1.66. The number of aromatic hydroxyl groups is 1. The first-order valence-electron chi connectivity index (χ1n) is 7.31. The Morgan fingerprint density at radius 1 is 0.955 bits per heavy atom. The molecule has 0 atom stereocenters. The van der Waals surface area contributed by atoms with Crippen LogP contribution in [0.1, 0.15) is 12.5 Å². The fraction of sp³-hybridized carbons (Fsp3) is 0.105. The molecule has 0 bridgehead atoms. The molecule has 0 radical (unpaired) electrons. The molecule has 0 amide bonds. The molecule has 2 aromatic carbocycles. The molecule has 3 rings (SSSR count). The van der Waals surface area contributed by atoms with Gasteiger partial charge in [-0.15, -0.1) is 0 Å². The highest BCUT2D eigenvalue weighted by atomic mass is 16.3. The summed E-state index contributed by atoms with van der Waals surface area (Å²) >= 11 is 0. The van der Waals surface area contributed by atoms with E-state index in [1.165, 1.54) is 0 Å². The van der Waals surface area contributed by atoms with Crippen molar-refractivity contribution in [1.82, 2.24) is 4.57 Å². The van der Waals surface area contributed by atoms with Crippen molar-refractivity contribution in [2.45, 2.75) is 13.3 Å². The Bertz CT molecular complexity index is 837. The fourth-order valence-electron chi connectivity index (χ4n) is 2.62. The predicted octanol–water partition coefficient (Wildman–Crippen LogP) is 3.77. The van der Waals surface area contributed by atoms with Gasteiger partial charge < -0.3 is 5.11 Å². The zero-order valence-electron chi connectivity index (χ0n) is 12.4. The smallest absolute Gasteiger partial charge is 0.262 e. The van der Waals surface area contributed by atoms with Crippen LogP contribution in [0.2, 0.25) is 0 Å². The van der Waals surface area contributed by atoms with Crippen LogP contribution in [0.5, 0.6) is 5.75 Å². The van der Waals surface area contributed by atoms with Crippen molar-refractivity contribution in [1.29, 1.82) is 0 Å². The Morgan fingerprint density at radius 3 is 2.14 bits per heavy atom. The molecular weight excluding hydrogens is 274 g/mol. The first-order valence-corrected chi connectivity index (χ1v) is 7.31. The van der Waals surface area contributed by atoms with Crippen LogP contribution in [0.3, 0.4) is 0 Å². The first-order chi connectivity index (χ1) is 10.7. The quantitative estimate of drug-likeness (QED) is 0.798. The van der Waals surface area contributed by atoms with E-state index in [0.29, 0.717) is 17.7 Å². The van der Waals surface area contributed by atoms with E-state index in [-0.39, 0.29) is 11.3 Å².